The quantitative estimate of drug-likeness (QED) is 0.774. The topological polar surface area (TPSA) is 59.8 Å². The first kappa shape index (κ1) is 12.1. The predicted octanol–water partition coefficient (Wildman–Crippen LogP) is 3.03. The smallest absolute Gasteiger partial charge is 0.306 e. The molecule has 0 spiro atoms. The maximum absolute atomic E-state index is 12.0. The van der Waals surface area contributed by atoms with E-state index in [1.165, 1.54) is 4.68 Å². The average Bonchev–Trinajstić information content (AvgIpc) is 2.99. The van der Waals surface area contributed by atoms with Crippen molar-refractivity contribution in [3.8, 4) is 11.4 Å². The van der Waals surface area contributed by atoms with Gasteiger partial charge in [0.05, 0.1) is 5.69 Å². The third-order valence-electron chi connectivity index (χ3n) is 2.75. The van der Waals surface area contributed by atoms with Gasteiger partial charge in [-0.3, -0.25) is 4.98 Å². The zero-order valence-corrected chi connectivity index (χ0v) is 10.6. The van der Waals surface area contributed by atoms with Gasteiger partial charge in [-0.15, -0.1) is 0 Å². The molecule has 1 N–H and O–H groups in total. The number of benzene rings is 1. The van der Waals surface area contributed by atoms with Crippen LogP contribution in [0.1, 0.15) is 0 Å². The molecule has 0 atom stereocenters. The Kier molecular flexibility index (Phi) is 3.24. The van der Waals surface area contributed by atoms with E-state index in [0.29, 0.717) is 5.69 Å². The van der Waals surface area contributed by atoms with E-state index >= 15 is 0 Å². The van der Waals surface area contributed by atoms with E-state index in [9.17, 15) is 4.79 Å². The largest absolute Gasteiger partial charge is 0.346 e. The molecular formula is C15H12N4O. The Morgan fingerprint density at radius 3 is 2.50 bits per heavy atom. The summed E-state index contributed by atoms with van der Waals surface area (Å²) in [7, 11) is 0. The van der Waals surface area contributed by atoms with Crippen LogP contribution in [-0.4, -0.2) is 20.8 Å². The molecule has 5 nitrogen and oxygen atoms in total. The second-order valence-electron chi connectivity index (χ2n) is 4.16. The summed E-state index contributed by atoms with van der Waals surface area (Å²) in [6.45, 7) is 0. The van der Waals surface area contributed by atoms with E-state index in [-0.39, 0.29) is 6.03 Å². The number of aromatic nitrogens is 3. The molecule has 0 bridgehead atoms. The summed E-state index contributed by atoms with van der Waals surface area (Å²) in [6.07, 6.45) is 3.31. The van der Waals surface area contributed by atoms with E-state index < -0.39 is 0 Å². The summed E-state index contributed by atoms with van der Waals surface area (Å²) < 4.78 is 1.26. The van der Waals surface area contributed by atoms with Crippen LogP contribution in [0.4, 0.5) is 10.5 Å². The monoisotopic (exact) mass is 264 g/mol. The van der Waals surface area contributed by atoms with E-state index in [0.717, 1.165) is 11.4 Å². The van der Waals surface area contributed by atoms with Crippen molar-refractivity contribution in [2.45, 2.75) is 0 Å². The molecule has 1 aromatic carbocycles. The molecule has 5 heteroatoms. The van der Waals surface area contributed by atoms with Gasteiger partial charge in [0, 0.05) is 18.1 Å². The Labute approximate surface area is 115 Å². The number of nitrogens with zero attached hydrogens (tertiary/aromatic N) is 3. The van der Waals surface area contributed by atoms with Gasteiger partial charge in [-0.05, 0) is 30.3 Å². The van der Waals surface area contributed by atoms with Crippen molar-refractivity contribution in [1.29, 1.82) is 0 Å². The van der Waals surface area contributed by atoms with Gasteiger partial charge in [0.25, 0.3) is 0 Å². The molecule has 0 aliphatic carbocycles. The normalized spacial score (nSPS) is 10.2. The Bertz CT molecular complexity index is 707. The first-order chi connectivity index (χ1) is 9.83. The summed E-state index contributed by atoms with van der Waals surface area (Å²) in [5.41, 5.74) is 2.12. The van der Waals surface area contributed by atoms with Gasteiger partial charge in [0.15, 0.2) is 0 Å². The number of anilines is 1. The fraction of sp³-hybridized carbons (Fsp3) is 0. The molecule has 0 radical (unpaired) electrons. The maximum atomic E-state index is 12.0. The van der Waals surface area contributed by atoms with Gasteiger partial charge in [0.2, 0.25) is 0 Å². The average molecular weight is 264 g/mol. The van der Waals surface area contributed by atoms with Crippen LogP contribution in [-0.2, 0) is 0 Å². The van der Waals surface area contributed by atoms with Crippen LogP contribution >= 0.6 is 0 Å². The molecule has 0 fully saturated rings. The molecule has 3 rings (SSSR count). The lowest BCUT2D eigenvalue weighted by atomic mass is 10.3. The second kappa shape index (κ2) is 5.36. The summed E-state index contributed by atoms with van der Waals surface area (Å²) >= 11 is 0. The molecule has 2 aromatic heterocycles. The van der Waals surface area contributed by atoms with Crippen molar-refractivity contribution in [3.05, 3.63) is 67.0 Å². The van der Waals surface area contributed by atoms with Crippen LogP contribution in [0.2, 0.25) is 0 Å². The molecule has 0 aliphatic rings. The number of rotatable bonds is 2. The number of pyridine rings is 1. The van der Waals surface area contributed by atoms with Crippen LogP contribution < -0.4 is 5.32 Å². The molecule has 98 valence electrons. The lowest BCUT2D eigenvalue weighted by Crippen LogP contribution is -2.19. The Morgan fingerprint density at radius 1 is 0.950 bits per heavy atom. The van der Waals surface area contributed by atoms with Gasteiger partial charge in [-0.2, -0.15) is 9.78 Å². The Hall–Kier alpha value is -2.95. The molecule has 3 aromatic rings. The third kappa shape index (κ3) is 2.56. The summed E-state index contributed by atoms with van der Waals surface area (Å²) in [4.78, 5) is 16.2. The van der Waals surface area contributed by atoms with Crippen LogP contribution in [0.3, 0.4) is 0 Å². The molecular weight excluding hydrogens is 252 g/mol. The SMILES string of the molecule is O=C(Nc1ccccc1)n1ccc(-c2ccccn2)n1. The van der Waals surface area contributed by atoms with Gasteiger partial charge in [-0.1, -0.05) is 24.3 Å². The lowest BCUT2D eigenvalue weighted by Gasteiger charge is -2.03. The third-order valence-corrected chi connectivity index (χ3v) is 2.75. The Morgan fingerprint density at radius 2 is 1.75 bits per heavy atom. The van der Waals surface area contributed by atoms with Gasteiger partial charge >= 0.3 is 6.03 Å². The first-order valence-electron chi connectivity index (χ1n) is 6.16. The highest BCUT2D eigenvalue weighted by molar-refractivity contribution is 5.90. The van der Waals surface area contributed by atoms with Crippen LogP contribution in [0.5, 0.6) is 0 Å². The van der Waals surface area contributed by atoms with E-state index in [2.05, 4.69) is 15.4 Å². The fourth-order valence-electron chi connectivity index (χ4n) is 1.79. The fourth-order valence-corrected chi connectivity index (χ4v) is 1.79. The number of para-hydroxylation sites is 1. The molecule has 0 saturated heterocycles. The van der Waals surface area contributed by atoms with Crippen molar-refractivity contribution >= 4 is 11.7 Å². The first-order valence-corrected chi connectivity index (χ1v) is 6.16. The van der Waals surface area contributed by atoms with E-state index in [4.69, 9.17) is 0 Å². The number of carbonyl (C=O) groups is 1. The van der Waals surface area contributed by atoms with Crippen molar-refractivity contribution in [3.63, 3.8) is 0 Å². The minimum Gasteiger partial charge on any atom is -0.306 e. The highest BCUT2D eigenvalue weighted by Gasteiger charge is 2.08. The van der Waals surface area contributed by atoms with E-state index in [1.807, 2.05) is 48.5 Å². The Balaban J connectivity index is 1.79. The maximum Gasteiger partial charge on any atom is 0.346 e. The van der Waals surface area contributed by atoms with Crippen molar-refractivity contribution in [2.24, 2.45) is 0 Å². The summed E-state index contributed by atoms with van der Waals surface area (Å²) in [5, 5.41) is 6.98. The van der Waals surface area contributed by atoms with Crippen molar-refractivity contribution < 1.29 is 4.79 Å². The van der Waals surface area contributed by atoms with Gasteiger partial charge in [0.1, 0.15) is 5.69 Å². The minimum absolute atomic E-state index is 0.307. The number of amides is 1. The predicted molar refractivity (Wildman–Crippen MR) is 76.3 cm³/mol. The van der Waals surface area contributed by atoms with Crippen LogP contribution in [0, 0.1) is 0 Å². The molecule has 0 saturated carbocycles. The van der Waals surface area contributed by atoms with E-state index in [1.54, 1.807) is 18.5 Å². The van der Waals surface area contributed by atoms with Crippen molar-refractivity contribution in [2.75, 3.05) is 5.32 Å². The molecule has 1 amide bonds. The molecule has 0 unspecified atom stereocenters. The number of hydrogen-bond donors (Lipinski definition) is 1. The zero-order valence-electron chi connectivity index (χ0n) is 10.6. The highest BCUT2D eigenvalue weighted by atomic mass is 16.2. The van der Waals surface area contributed by atoms with Crippen LogP contribution in [0.15, 0.2) is 67.0 Å². The summed E-state index contributed by atoms with van der Waals surface area (Å²) in [5.74, 6) is 0. The molecule has 0 aliphatic heterocycles. The zero-order chi connectivity index (χ0) is 13.8. The number of carbonyl (C=O) groups excluding carboxylic acids is 1. The molecule has 20 heavy (non-hydrogen) atoms. The second-order valence-corrected chi connectivity index (χ2v) is 4.16. The molecule has 2 heterocycles. The lowest BCUT2D eigenvalue weighted by molar-refractivity contribution is 0.251. The number of hydrogen-bond acceptors (Lipinski definition) is 3. The minimum atomic E-state index is -0.307. The number of nitrogens with one attached hydrogen (secondary N) is 1. The van der Waals surface area contributed by atoms with Gasteiger partial charge in [-0.25, -0.2) is 4.79 Å². The standard InChI is InChI=1S/C15H12N4O/c20-15(17-12-6-2-1-3-7-12)19-11-9-14(18-19)13-8-4-5-10-16-13/h1-11H,(H,17,20). The summed E-state index contributed by atoms with van der Waals surface area (Å²) in [6, 6.07) is 16.3. The van der Waals surface area contributed by atoms with Gasteiger partial charge < -0.3 is 5.32 Å². The van der Waals surface area contributed by atoms with Crippen molar-refractivity contribution in [1.82, 2.24) is 14.8 Å². The highest BCUT2D eigenvalue weighted by Crippen LogP contribution is 2.13. The van der Waals surface area contributed by atoms with Crippen LogP contribution in [0.25, 0.3) is 11.4 Å².